The normalized spacial score (nSPS) is 16.9. The number of likely N-dealkylation sites (tertiary alicyclic amines) is 1. The van der Waals surface area contributed by atoms with Gasteiger partial charge in [-0.3, -0.25) is 9.59 Å². The van der Waals surface area contributed by atoms with E-state index in [4.69, 9.17) is 5.41 Å². The summed E-state index contributed by atoms with van der Waals surface area (Å²) in [5.41, 5.74) is 4.74. The molecule has 0 bridgehead atoms. The quantitative estimate of drug-likeness (QED) is 0.198. The molecule has 3 N–H and O–H groups in total. The molecule has 1 saturated heterocycles. The van der Waals surface area contributed by atoms with Crippen molar-refractivity contribution in [2.75, 3.05) is 6.54 Å². The number of amides is 2. The Kier molecular flexibility index (Phi) is 8.40. The first-order valence-electron chi connectivity index (χ1n) is 12.2. The van der Waals surface area contributed by atoms with Crippen molar-refractivity contribution in [1.82, 2.24) is 15.6 Å². The number of nitrogens with zero attached hydrogens (tertiary/aromatic N) is 2. The number of hydrogen-bond donors (Lipinski definition) is 3. The molecule has 1 fully saturated rings. The predicted molar refractivity (Wildman–Crippen MR) is 144 cm³/mol. The number of hydrazone groups is 1. The highest BCUT2D eigenvalue weighted by Crippen LogP contribution is 2.36. The third-order valence-corrected chi connectivity index (χ3v) is 6.44. The summed E-state index contributed by atoms with van der Waals surface area (Å²) in [6.45, 7) is 1.12. The molecule has 0 aliphatic carbocycles. The maximum atomic E-state index is 13.5. The van der Waals surface area contributed by atoms with Crippen molar-refractivity contribution in [3.8, 4) is 0 Å². The van der Waals surface area contributed by atoms with Crippen molar-refractivity contribution >= 4 is 23.7 Å². The number of nitrogens with one attached hydrogen (secondary N) is 3. The van der Waals surface area contributed by atoms with E-state index in [2.05, 4.69) is 15.8 Å². The lowest BCUT2D eigenvalue weighted by atomic mass is 9.78. The third-order valence-electron chi connectivity index (χ3n) is 6.44. The van der Waals surface area contributed by atoms with Crippen LogP contribution in [0.4, 0.5) is 4.39 Å². The molecule has 4 rings (SSSR count). The molecular weight excluding hydrogens is 469 g/mol. The van der Waals surface area contributed by atoms with Crippen LogP contribution in [0.15, 0.2) is 90.0 Å². The summed E-state index contributed by atoms with van der Waals surface area (Å²) in [7, 11) is 0. The Labute approximate surface area is 217 Å². The Morgan fingerprint density at radius 3 is 2.22 bits per heavy atom. The van der Waals surface area contributed by atoms with Crippen molar-refractivity contribution < 1.29 is 15.4 Å². The molecule has 1 aliphatic rings. The second kappa shape index (κ2) is 12.1. The van der Waals surface area contributed by atoms with Gasteiger partial charge in [-0.1, -0.05) is 72.8 Å². The summed E-state index contributed by atoms with van der Waals surface area (Å²) in [6.07, 6.45) is 1.92. The van der Waals surface area contributed by atoms with E-state index in [1.807, 2.05) is 60.7 Å². The molecule has 7 nitrogen and oxygen atoms in total. The lowest BCUT2D eigenvalue weighted by Crippen LogP contribution is -2.71. The van der Waals surface area contributed by atoms with Gasteiger partial charge < -0.3 is 21.1 Å². The van der Waals surface area contributed by atoms with Crippen LogP contribution in [0.25, 0.3) is 0 Å². The summed E-state index contributed by atoms with van der Waals surface area (Å²) in [6, 6.07) is 25.4. The zero-order chi connectivity index (χ0) is 26.1. The van der Waals surface area contributed by atoms with Crippen LogP contribution in [0.1, 0.15) is 31.0 Å². The van der Waals surface area contributed by atoms with E-state index in [9.17, 15) is 14.0 Å². The average molecular weight is 502 g/mol. The average Bonchev–Trinajstić information content (AvgIpc) is 2.91. The van der Waals surface area contributed by atoms with Gasteiger partial charge in [-0.05, 0) is 35.2 Å². The van der Waals surface area contributed by atoms with Crippen molar-refractivity contribution in [2.24, 2.45) is 5.10 Å². The monoisotopic (exact) mass is 501 g/mol. The second-order valence-corrected chi connectivity index (χ2v) is 9.08. The van der Waals surface area contributed by atoms with E-state index in [0.717, 1.165) is 16.7 Å². The largest absolute Gasteiger partial charge is 0.350 e. The van der Waals surface area contributed by atoms with Gasteiger partial charge in [0.15, 0.2) is 0 Å². The van der Waals surface area contributed by atoms with E-state index in [0.29, 0.717) is 26.1 Å². The van der Waals surface area contributed by atoms with Gasteiger partial charge in [0.2, 0.25) is 11.8 Å². The fourth-order valence-corrected chi connectivity index (χ4v) is 4.42. The van der Waals surface area contributed by atoms with Crippen LogP contribution in [0.2, 0.25) is 0 Å². The van der Waals surface area contributed by atoms with Gasteiger partial charge in [0.25, 0.3) is 0 Å². The minimum Gasteiger partial charge on any atom is -0.350 e. The van der Waals surface area contributed by atoms with Gasteiger partial charge in [0.1, 0.15) is 11.4 Å². The van der Waals surface area contributed by atoms with Crippen molar-refractivity contribution in [1.29, 1.82) is 5.41 Å². The molecule has 0 radical (unpaired) electrons. The highest BCUT2D eigenvalue weighted by Gasteiger charge is 2.56. The van der Waals surface area contributed by atoms with Crippen LogP contribution in [-0.2, 0) is 29.1 Å². The zero-order valence-electron chi connectivity index (χ0n) is 20.5. The number of carbonyl (C=O) groups excluding carboxylic acids is 2. The third kappa shape index (κ3) is 6.67. The second-order valence-electron chi connectivity index (χ2n) is 9.08. The van der Waals surface area contributed by atoms with Crippen LogP contribution in [0.3, 0.4) is 0 Å². The van der Waals surface area contributed by atoms with Crippen LogP contribution >= 0.6 is 0 Å². The molecule has 192 valence electrons. The Balaban J connectivity index is 0.00000400. The molecule has 3 aromatic carbocycles. The first-order valence-corrected chi connectivity index (χ1v) is 12.2. The molecule has 0 unspecified atom stereocenters. The summed E-state index contributed by atoms with van der Waals surface area (Å²) in [5, 5.41) is 15.6. The Morgan fingerprint density at radius 1 is 0.973 bits per heavy atom. The maximum Gasteiger partial charge on any atom is 0.247 e. The van der Waals surface area contributed by atoms with Crippen molar-refractivity contribution in [3.63, 3.8) is 0 Å². The molecule has 8 heteroatoms. The maximum absolute atomic E-state index is 13.5. The first kappa shape index (κ1) is 25.8. The van der Waals surface area contributed by atoms with Gasteiger partial charge in [-0.2, -0.15) is 5.10 Å². The minimum absolute atomic E-state index is 0. The smallest absolute Gasteiger partial charge is 0.247 e. The van der Waals surface area contributed by atoms with Gasteiger partial charge in [0.05, 0.1) is 24.9 Å². The lowest BCUT2D eigenvalue weighted by Gasteiger charge is -2.50. The van der Waals surface area contributed by atoms with E-state index in [-0.39, 0.29) is 37.6 Å². The van der Waals surface area contributed by atoms with Crippen LogP contribution in [0, 0.1) is 11.2 Å². The van der Waals surface area contributed by atoms with Gasteiger partial charge >= 0.3 is 0 Å². The molecule has 0 saturated carbocycles. The SMILES string of the molecule is N=C(/C=N\NCc1ccccc1)C[C@@]1(C(=O)NCc2ccccc2)CC(=O)N1CCc1ccc(F)cc1.[HH]. The molecule has 1 heterocycles. The van der Waals surface area contributed by atoms with E-state index < -0.39 is 5.54 Å². The lowest BCUT2D eigenvalue weighted by molar-refractivity contribution is -0.165. The van der Waals surface area contributed by atoms with Gasteiger partial charge in [-0.25, -0.2) is 4.39 Å². The van der Waals surface area contributed by atoms with Crippen LogP contribution in [-0.4, -0.2) is 40.7 Å². The Bertz CT molecular complexity index is 1250. The number of halogens is 1. The minimum atomic E-state index is -1.17. The Morgan fingerprint density at radius 2 is 1.59 bits per heavy atom. The number of benzene rings is 3. The number of hydrogen-bond acceptors (Lipinski definition) is 5. The Hall–Kier alpha value is -4.33. The van der Waals surface area contributed by atoms with Gasteiger partial charge in [0, 0.05) is 20.9 Å². The molecule has 2 amide bonds. The molecule has 1 atom stereocenters. The highest BCUT2D eigenvalue weighted by molar-refractivity contribution is 6.30. The topological polar surface area (TPSA) is 97.6 Å². The molecule has 0 spiro atoms. The predicted octanol–water partition coefficient (Wildman–Crippen LogP) is 4.09. The van der Waals surface area contributed by atoms with Crippen LogP contribution in [0.5, 0.6) is 0 Å². The van der Waals surface area contributed by atoms with Gasteiger partial charge in [-0.15, -0.1) is 0 Å². The number of carbonyl (C=O) groups is 2. The van der Waals surface area contributed by atoms with Crippen LogP contribution < -0.4 is 10.7 Å². The molecule has 37 heavy (non-hydrogen) atoms. The summed E-state index contributed by atoms with van der Waals surface area (Å²) in [5.74, 6) is -0.776. The summed E-state index contributed by atoms with van der Waals surface area (Å²) in [4.78, 5) is 27.7. The standard InChI is InChI=1S/C29H30FN5O2.H2/c30-25-13-11-22(12-14-25)15-16-35-27(36)18-29(35,28(37)32-19-23-7-3-1-4-8-23)17-26(31)21-34-33-20-24-9-5-2-6-10-24;/h1-14,21,31,33H,15-20H2,(H,32,37);1H/b31-26?,34-21-;/t29-;/m0./s1. The number of β-lactam (4-membered cyclic amide) rings is 1. The first-order chi connectivity index (χ1) is 18.0. The van der Waals surface area contributed by atoms with E-state index >= 15 is 0 Å². The highest BCUT2D eigenvalue weighted by atomic mass is 19.1. The van der Waals surface area contributed by atoms with E-state index in [1.54, 1.807) is 12.1 Å². The zero-order valence-corrected chi connectivity index (χ0v) is 20.5. The summed E-state index contributed by atoms with van der Waals surface area (Å²) >= 11 is 0. The van der Waals surface area contributed by atoms with E-state index in [1.165, 1.54) is 23.2 Å². The molecule has 0 aromatic heterocycles. The molecular formula is C29H32FN5O2. The fourth-order valence-electron chi connectivity index (χ4n) is 4.42. The van der Waals surface area contributed by atoms with Crippen molar-refractivity contribution in [2.45, 2.75) is 37.9 Å². The number of rotatable bonds is 12. The van der Waals surface area contributed by atoms with Crippen molar-refractivity contribution in [3.05, 3.63) is 107 Å². The summed E-state index contributed by atoms with van der Waals surface area (Å²) < 4.78 is 13.3. The molecule has 3 aromatic rings. The molecule has 1 aliphatic heterocycles. The fraction of sp³-hybridized carbons (Fsp3) is 0.241.